The summed E-state index contributed by atoms with van der Waals surface area (Å²) in [4.78, 5) is 0. The highest BCUT2D eigenvalue weighted by molar-refractivity contribution is 9.10. The molecule has 19 heavy (non-hydrogen) atoms. The van der Waals surface area contributed by atoms with Gasteiger partial charge in [0, 0.05) is 5.56 Å². The van der Waals surface area contributed by atoms with Crippen LogP contribution in [0.25, 0.3) is 0 Å². The Hall–Kier alpha value is -1.39. The van der Waals surface area contributed by atoms with Gasteiger partial charge in [0.1, 0.15) is 11.6 Å². The van der Waals surface area contributed by atoms with Gasteiger partial charge >= 0.3 is 0 Å². The Morgan fingerprint density at radius 1 is 1.26 bits per heavy atom. The normalized spacial score (nSPS) is 12.3. The molecule has 0 saturated heterocycles. The quantitative estimate of drug-likeness (QED) is 0.928. The molecule has 2 aromatic carbocycles. The van der Waals surface area contributed by atoms with Crippen LogP contribution in [-0.2, 0) is 0 Å². The fraction of sp³-hybridized carbons (Fsp3) is 0.200. The lowest BCUT2D eigenvalue weighted by molar-refractivity contribution is 0.411. The minimum absolute atomic E-state index is 0.324. The molecule has 0 saturated carbocycles. The molecule has 1 unspecified atom stereocenters. The molecule has 0 bridgehead atoms. The van der Waals surface area contributed by atoms with E-state index in [0.29, 0.717) is 10.0 Å². The summed E-state index contributed by atoms with van der Waals surface area (Å²) >= 11 is 3.17. The monoisotopic (exact) mass is 323 g/mol. The second-order valence-electron chi connectivity index (χ2n) is 4.35. The minimum atomic E-state index is -0.521. The maximum absolute atomic E-state index is 14.0. The standard InChI is InChI=1S/C15H15BrFNO/c1-9-6-7-10(8-13(9)19-2)15(18)11-4-3-5-12(16)14(11)17/h3-8,15H,18H2,1-2H3. The first-order valence-electron chi connectivity index (χ1n) is 5.88. The maximum Gasteiger partial charge on any atom is 0.142 e. The smallest absolute Gasteiger partial charge is 0.142 e. The predicted octanol–water partition coefficient (Wildman–Crippen LogP) is 3.95. The van der Waals surface area contributed by atoms with Crippen molar-refractivity contribution in [3.63, 3.8) is 0 Å². The van der Waals surface area contributed by atoms with E-state index < -0.39 is 6.04 Å². The molecule has 0 heterocycles. The summed E-state index contributed by atoms with van der Waals surface area (Å²) in [5, 5.41) is 0. The van der Waals surface area contributed by atoms with Gasteiger partial charge < -0.3 is 10.5 Å². The van der Waals surface area contributed by atoms with Crippen molar-refractivity contribution >= 4 is 15.9 Å². The highest BCUT2D eigenvalue weighted by Crippen LogP contribution is 2.29. The van der Waals surface area contributed by atoms with Crippen molar-refractivity contribution in [2.75, 3.05) is 7.11 Å². The number of rotatable bonds is 3. The summed E-state index contributed by atoms with van der Waals surface area (Å²) in [5.41, 5.74) is 8.44. The van der Waals surface area contributed by atoms with Crippen LogP contribution in [0.2, 0.25) is 0 Å². The van der Waals surface area contributed by atoms with Crippen LogP contribution in [-0.4, -0.2) is 7.11 Å². The van der Waals surface area contributed by atoms with E-state index in [4.69, 9.17) is 10.5 Å². The number of aryl methyl sites for hydroxylation is 1. The third-order valence-corrected chi connectivity index (χ3v) is 3.72. The first-order valence-corrected chi connectivity index (χ1v) is 6.68. The molecule has 100 valence electrons. The van der Waals surface area contributed by atoms with Crippen LogP contribution in [0.1, 0.15) is 22.7 Å². The van der Waals surface area contributed by atoms with Crippen LogP contribution < -0.4 is 10.5 Å². The number of hydrogen-bond acceptors (Lipinski definition) is 2. The lowest BCUT2D eigenvalue weighted by atomic mass is 9.98. The van der Waals surface area contributed by atoms with Crippen LogP contribution in [0.3, 0.4) is 0 Å². The lowest BCUT2D eigenvalue weighted by Crippen LogP contribution is -2.14. The molecule has 1 atom stereocenters. The number of halogens is 2. The zero-order chi connectivity index (χ0) is 14.0. The molecule has 2 rings (SSSR count). The van der Waals surface area contributed by atoms with Gasteiger partial charge in [-0.25, -0.2) is 4.39 Å². The van der Waals surface area contributed by atoms with Crippen LogP contribution in [0.15, 0.2) is 40.9 Å². The van der Waals surface area contributed by atoms with Gasteiger partial charge in [-0.05, 0) is 46.1 Å². The summed E-state index contributed by atoms with van der Waals surface area (Å²) in [7, 11) is 1.61. The fourth-order valence-electron chi connectivity index (χ4n) is 1.97. The summed E-state index contributed by atoms with van der Waals surface area (Å²) in [6.07, 6.45) is 0. The number of benzene rings is 2. The number of nitrogens with two attached hydrogens (primary N) is 1. The summed E-state index contributed by atoms with van der Waals surface area (Å²) in [5.74, 6) is 0.429. The van der Waals surface area contributed by atoms with E-state index in [-0.39, 0.29) is 5.82 Å². The molecule has 4 heteroatoms. The number of ether oxygens (including phenoxy) is 1. The molecule has 2 nitrogen and oxygen atoms in total. The maximum atomic E-state index is 14.0. The third kappa shape index (κ3) is 2.80. The first kappa shape index (κ1) is 14.0. The van der Waals surface area contributed by atoms with Crippen LogP contribution in [0.4, 0.5) is 4.39 Å². The molecule has 0 aliphatic rings. The highest BCUT2D eigenvalue weighted by Gasteiger charge is 2.16. The van der Waals surface area contributed by atoms with Crippen molar-refractivity contribution in [2.24, 2.45) is 5.73 Å². The molecule has 0 amide bonds. The molecular formula is C15H15BrFNO. The number of methoxy groups -OCH3 is 1. The molecular weight excluding hydrogens is 309 g/mol. The Kier molecular flexibility index (Phi) is 4.22. The van der Waals surface area contributed by atoms with Gasteiger partial charge in [0.05, 0.1) is 17.6 Å². The third-order valence-electron chi connectivity index (χ3n) is 3.11. The molecule has 0 spiro atoms. The molecule has 0 aromatic heterocycles. The van der Waals surface area contributed by atoms with Gasteiger partial charge in [0.15, 0.2) is 0 Å². The van der Waals surface area contributed by atoms with Crippen LogP contribution in [0, 0.1) is 12.7 Å². The second-order valence-corrected chi connectivity index (χ2v) is 5.20. The van der Waals surface area contributed by atoms with Crippen LogP contribution in [0.5, 0.6) is 5.75 Å². The Morgan fingerprint density at radius 2 is 2.00 bits per heavy atom. The molecule has 0 fully saturated rings. The predicted molar refractivity (Wildman–Crippen MR) is 77.9 cm³/mol. The highest BCUT2D eigenvalue weighted by atomic mass is 79.9. The fourth-order valence-corrected chi connectivity index (χ4v) is 2.35. The van der Waals surface area contributed by atoms with Gasteiger partial charge in [-0.3, -0.25) is 0 Å². The Bertz CT molecular complexity index is 601. The van der Waals surface area contributed by atoms with Crippen LogP contribution >= 0.6 is 15.9 Å². The van der Waals surface area contributed by atoms with E-state index in [1.165, 1.54) is 0 Å². The van der Waals surface area contributed by atoms with Crippen molar-refractivity contribution in [2.45, 2.75) is 13.0 Å². The van der Waals surface area contributed by atoms with E-state index in [1.807, 2.05) is 25.1 Å². The number of hydrogen-bond donors (Lipinski definition) is 1. The largest absolute Gasteiger partial charge is 0.496 e. The van der Waals surface area contributed by atoms with Gasteiger partial charge in [0.2, 0.25) is 0 Å². The van der Waals surface area contributed by atoms with E-state index in [9.17, 15) is 4.39 Å². The molecule has 2 aromatic rings. The Balaban J connectivity index is 2.44. The van der Waals surface area contributed by atoms with Gasteiger partial charge in [-0.15, -0.1) is 0 Å². The van der Waals surface area contributed by atoms with Crippen molar-refractivity contribution < 1.29 is 9.13 Å². The van der Waals surface area contributed by atoms with Gasteiger partial charge in [-0.2, -0.15) is 0 Å². The molecule has 0 radical (unpaired) electrons. The summed E-state index contributed by atoms with van der Waals surface area (Å²) in [6.45, 7) is 1.95. The zero-order valence-electron chi connectivity index (χ0n) is 10.8. The summed E-state index contributed by atoms with van der Waals surface area (Å²) < 4.78 is 19.7. The van der Waals surface area contributed by atoms with Crippen molar-refractivity contribution in [3.05, 3.63) is 63.4 Å². The summed E-state index contributed by atoms with van der Waals surface area (Å²) in [6, 6.07) is 10.3. The Labute approximate surface area is 120 Å². The van der Waals surface area contributed by atoms with Crippen molar-refractivity contribution in [3.8, 4) is 5.75 Å². The SMILES string of the molecule is COc1cc(C(N)c2cccc(Br)c2F)ccc1C. The van der Waals surface area contributed by atoms with Crippen molar-refractivity contribution in [1.82, 2.24) is 0 Å². The van der Waals surface area contributed by atoms with E-state index in [1.54, 1.807) is 25.3 Å². The van der Waals surface area contributed by atoms with E-state index in [0.717, 1.165) is 16.9 Å². The second kappa shape index (κ2) is 5.72. The lowest BCUT2D eigenvalue weighted by Gasteiger charge is -2.16. The first-order chi connectivity index (χ1) is 9.04. The molecule has 0 aliphatic heterocycles. The van der Waals surface area contributed by atoms with E-state index in [2.05, 4.69) is 15.9 Å². The average molecular weight is 324 g/mol. The van der Waals surface area contributed by atoms with Gasteiger partial charge in [-0.1, -0.05) is 24.3 Å². The average Bonchev–Trinajstić information content (AvgIpc) is 2.41. The Morgan fingerprint density at radius 3 is 2.68 bits per heavy atom. The van der Waals surface area contributed by atoms with E-state index >= 15 is 0 Å². The topological polar surface area (TPSA) is 35.2 Å². The van der Waals surface area contributed by atoms with Crippen molar-refractivity contribution in [1.29, 1.82) is 0 Å². The molecule has 0 aliphatic carbocycles. The van der Waals surface area contributed by atoms with Gasteiger partial charge in [0.25, 0.3) is 0 Å². The zero-order valence-corrected chi connectivity index (χ0v) is 12.4. The molecule has 2 N–H and O–H groups in total. The minimum Gasteiger partial charge on any atom is -0.496 e.